The lowest BCUT2D eigenvalue weighted by Crippen LogP contribution is -2.00. The zero-order chi connectivity index (χ0) is 19.8. The van der Waals surface area contributed by atoms with Gasteiger partial charge < -0.3 is 10.8 Å². The van der Waals surface area contributed by atoms with Gasteiger partial charge >= 0.3 is 0 Å². The van der Waals surface area contributed by atoms with Gasteiger partial charge in [-0.2, -0.15) is 5.26 Å². The second-order valence-electron chi connectivity index (χ2n) is 6.42. The van der Waals surface area contributed by atoms with Crippen molar-refractivity contribution in [2.24, 2.45) is 0 Å². The second-order valence-corrected chi connectivity index (χ2v) is 6.78. The van der Waals surface area contributed by atoms with E-state index in [9.17, 15) is 10.4 Å². The lowest BCUT2D eigenvalue weighted by Gasteiger charge is -2.13. The molecule has 2 aromatic heterocycles. The molecule has 3 N–H and O–H groups in total. The third-order valence-electron chi connectivity index (χ3n) is 4.63. The highest BCUT2D eigenvalue weighted by Crippen LogP contribution is 2.37. The SMILES string of the molecule is Cc1cccc2cc(-c3cc(-c4ccccc4O)c(C#N)c(N)n3)c(Cl)nc12. The van der Waals surface area contributed by atoms with Crippen molar-refractivity contribution in [1.29, 1.82) is 5.26 Å². The fourth-order valence-electron chi connectivity index (χ4n) is 3.24. The Morgan fingerprint density at radius 2 is 1.79 bits per heavy atom. The average molecular weight is 387 g/mol. The van der Waals surface area contributed by atoms with Crippen molar-refractivity contribution in [1.82, 2.24) is 9.97 Å². The van der Waals surface area contributed by atoms with Crippen molar-refractivity contribution < 1.29 is 5.11 Å². The zero-order valence-electron chi connectivity index (χ0n) is 14.9. The molecule has 0 amide bonds. The molecule has 0 atom stereocenters. The first-order chi connectivity index (χ1) is 13.5. The van der Waals surface area contributed by atoms with Gasteiger partial charge in [-0.05, 0) is 30.7 Å². The number of anilines is 1. The molecule has 0 spiro atoms. The number of nitrogens with zero attached hydrogens (tertiary/aromatic N) is 3. The predicted octanol–water partition coefficient (Wildman–Crippen LogP) is 5.09. The largest absolute Gasteiger partial charge is 0.507 e. The van der Waals surface area contributed by atoms with Crippen LogP contribution in [0.5, 0.6) is 5.75 Å². The summed E-state index contributed by atoms with van der Waals surface area (Å²) in [5.74, 6) is 0.118. The summed E-state index contributed by atoms with van der Waals surface area (Å²) in [6.45, 7) is 1.97. The lowest BCUT2D eigenvalue weighted by molar-refractivity contribution is 0.477. The first-order valence-corrected chi connectivity index (χ1v) is 8.92. The van der Waals surface area contributed by atoms with Crippen molar-refractivity contribution in [3.8, 4) is 34.2 Å². The Balaban J connectivity index is 2.00. The van der Waals surface area contributed by atoms with Crippen LogP contribution in [0.1, 0.15) is 11.1 Å². The van der Waals surface area contributed by atoms with E-state index >= 15 is 0 Å². The number of pyridine rings is 2. The molecule has 0 radical (unpaired) electrons. The molecule has 6 heteroatoms. The highest BCUT2D eigenvalue weighted by molar-refractivity contribution is 6.32. The summed E-state index contributed by atoms with van der Waals surface area (Å²) in [7, 11) is 0. The molecule has 0 aliphatic heterocycles. The maximum absolute atomic E-state index is 10.3. The molecule has 5 nitrogen and oxygen atoms in total. The highest BCUT2D eigenvalue weighted by Gasteiger charge is 2.18. The molecule has 28 heavy (non-hydrogen) atoms. The number of rotatable bonds is 2. The van der Waals surface area contributed by atoms with E-state index in [0.717, 1.165) is 16.5 Å². The van der Waals surface area contributed by atoms with Crippen LogP contribution < -0.4 is 5.73 Å². The smallest absolute Gasteiger partial charge is 0.142 e. The summed E-state index contributed by atoms with van der Waals surface area (Å²) < 4.78 is 0. The number of phenolic OH excluding ortho intramolecular Hbond substituents is 1. The number of aromatic nitrogens is 2. The van der Waals surface area contributed by atoms with E-state index in [-0.39, 0.29) is 17.1 Å². The molecule has 0 aliphatic carbocycles. The fraction of sp³-hybridized carbons (Fsp3) is 0.0455. The number of nitriles is 1. The Morgan fingerprint density at radius 3 is 2.54 bits per heavy atom. The molecule has 2 heterocycles. The van der Waals surface area contributed by atoms with Crippen LogP contribution in [0.2, 0.25) is 5.15 Å². The number of nitrogens with two attached hydrogens (primary N) is 1. The number of fused-ring (bicyclic) bond motifs is 1. The van der Waals surface area contributed by atoms with Crippen LogP contribution in [0.25, 0.3) is 33.3 Å². The Labute approximate surface area is 166 Å². The number of phenols is 1. The normalized spacial score (nSPS) is 10.8. The highest BCUT2D eigenvalue weighted by atomic mass is 35.5. The molecule has 4 rings (SSSR count). The molecule has 0 bridgehead atoms. The van der Waals surface area contributed by atoms with Crippen molar-refractivity contribution in [2.45, 2.75) is 6.92 Å². The average Bonchev–Trinajstić information content (AvgIpc) is 2.68. The maximum atomic E-state index is 10.3. The fourth-order valence-corrected chi connectivity index (χ4v) is 3.47. The van der Waals surface area contributed by atoms with Crippen LogP contribution in [-0.4, -0.2) is 15.1 Å². The van der Waals surface area contributed by atoms with Crippen LogP contribution in [0.3, 0.4) is 0 Å². The minimum absolute atomic E-state index is 0.0499. The van der Waals surface area contributed by atoms with Gasteiger partial charge in [0.2, 0.25) is 0 Å². The summed E-state index contributed by atoms with van der Waals surface area (Å²) in [6, 6.07) is 18.3. The van der Waals surface area contributed by atoms with Gasteiger partial charge in [0.25, 0.3) is 0 Å². The summed E-state index contributed by atoms with van der Waals surface area (Å²) in [4.78, 5) is 8.88. The Morgan fingerprint density at radius 1 is 1.00 bits per heavy atom. The van der Waals surface area contributed by atoms with Gasteiger partial charge in [-0.15, -0.1) is 0 Å². The number of benzene rings is 2. The first-order valence-electron chi connectivity index (χ1n) is 8.55. The lowest BCUT2D eigenvalue weighted by atomic mass is 9.97. The summed E-state index contributed by atoms with van der Waals surface area (Å²) in [5, 5.41) is 21.0. The molecule has 0 fully saturated rings. The molecule has 0 saturated heterocycles. The second kappa shape index (κ2) is 6.84. The van der Waals surface area contributed by atoms with Crippen LogP contribution in [-0.2, 0) is 0 Å². The van der Waals surface area contributed by atoms with Crippen LogP contribution in [0.4, 0.5) is 5.82 Å². The van der Waals surface area contributed by atoms with Crippen LogP contribution in [0.15, 0.2) is 54.6 Å². The minimum Gasteiger partial charge on any atom is -0.507 e. The van der Waals surface area contributed by atoms with E-state index in [1.54, 1.807) is 30.3 Å². The van der Waals surface area contributed by atoms with Crippen molar-refractivity contribution in [2.75, 3.05) is 5.73 Å². The Bertz CT molecular complexity index is 1280. The minimum atomic E-state index is 0.0499. The number of halogens is 1. The maximum Gasteiger partial charge on any atom is 0.142 e. The number of nitrogen functional groups attached to an aromatic ring is 1. The Kier molecular flexibility index (Phi) is 4.34. The van der Waals surface area contributed by atoms with Crippen LogP contribution >= 0.6 is 11.6 Å². The number of hydrogen-bond acceptors (Lipinski definition) is 5. The molecule has 4 aromatic rings. The van der Waals surface area contributed by atoms with Crippen molar-refractivity contribution in [3.63, 3.8) is 0 Å². The molecule has 0 unspecified atom stereocenters. The number of aryl methyl sites for hydroxylation is 1. The van der Waals surface area contributed by atoms with E-state index in [1.165, 1.54) is 0 Å². The first kappa shape index (κ1) is 17.8. The van der Waals surface area contributed by atoms with Crippen LogP contribution in [0, 0.1) is 18.3 Å². The van der Waals surface area contributed by atoms with Gasteiger partial charge in [0, 0.05) is 22.1 Å². The summed E-state index contributed by atoms with van der Waals surface area (Å²) in [5.41, 5.74) is 10.2. The van der Waals surface area contributed by atoms with E-state index in [1.807, 2.05) is 31.2 Å². The van der Waals surface area contributed by atoms with Crippen molar-refractivity contribution in [3.05, 3.63) is 70.9 Å². The van der Waals surface area contributed by atoms with Gasteiger partial charge in [-0.25, -0.2) is 9.97 Å². The van der Waals surface area contributed by atoms with Gasteiger partial charge in [-0.1, -0.05) is 48.0 Å². The third kappa shape index (κ3) is 2.90. The summed E-state index contributed by atoms with van der Waals surface area (Å²) in [6.07, 6.45) is 0. The molecular weight excluding hydrogens is 372 g/mol. The van der Waals surface area contributed by atoms with E-state index in [2.05, 4.69) is 16.0 Å². The van der Waals surface area contributed by atoms with E-state index in [0.29, 0.717) is 27.5 Å². The van der Waals surface area contributed by atoms with E-state index < -0.39 is 0 Å². The number of para-hydroxylation sites is 2. The molecule has 136 valence electrons. The summed E-state index contributed by atoms with van der Waals surface area (Å²) >= 11 is 6.46. The molecular formula is C22H15ClN4O. The monoisotopic (exact) mass is 386 g/mol. The predicted molar refractivity (Wildman–Crippen MR) is 111 cm³/mol. The topological polar surface area (TPSA) is 95.8 Å². The molecule has 0 saturated carbocycles. The standard InChI is InChI=1S/C22H15ClN4O/c1-12-5-4-6-13-9-16(21(23)27-20(12)13)18-10-15(17(11-24)22(25)26-18)14-7-2-3-8-19(14)28/h2-10,28H,1H3,(H2,25,26). The van der Waals surface area contributed by atoms with Gasteiger partial charge in [0.1, 0.15) is 28.4 Å². The van der Waals surface area contributed by atoms with E-state index in [4.69, 9.17) is 17.3 Å². The zero-order valence-corrected chi connectivity index (χ0v) is 15.7. The van der Waals surface area contributed by atoms with Gasteiger partial charge in [0.05, 0.1) is 11.2 Å². The molecule has 0 aliphatic rings. The van der Waals surface area contributed by atoms with Crippen molar-refractivity contribution >= 4 is 28.3 Å². The van der Waals surface area contributed by atoms with Gasteiger partial charge in [0.15, 0.2) is 0 Å². The van der Waals surface area contributed by atoms with Gasteiger partial charge in [-0.3, -0.25) is 0 Å². The third-order valence-corrected chi connectivity index (χ3v) is 4.92. The Hall–Kier alpha value is -3.62. The number of aromatic hydroxyl groups is 1. The molecule has 2 aromatic carbocycles. The quantitative estimate of drug-likeness (QED) is 0.468. The number of hydrogen-bond donors (Lipinski definition) is 2.